The van der Waals surface area contributed by atoms with Crippen LogP contribution in [0.15, 0.2) is 41.3 Å². The van der Waals surface area contributed by atoms with Gasteiger partial charge in [-0.15, -0.1) is 0 Å². The maximum absolute atomic E-state index is 13.4. The highest BCUT2D eigenvalue weighted by molar-refractivity contribution is 14.1. The number of hydrogen-bond acceptors (Lipinski definition) is 2. The smallest absolute Gasteiger partial charge is 0.261 e. The summed E-state index contributed by atoms with van der Waals surface area (Å²) < 4.78 is 65.9. The van der Waals surface area contributed by atoms with Gasteiger partial charge in [0.15, 0.2) is 17.5 Å². The zero-order valence-electron chi connectivity index (χ0n) is 9.70. The molecule has 0 atom stereocenters. The minimum absolute atomic E-state index is 0.109. The van der Waals surface area contributed by atoms with Gasteiger partial charge in [0.05, 0.1) is 10.6 Å². The van der Waals surface area contributed by atoms with Crippen molar-refractivity contribution in [2.45, 2.75) is 4.90 Å². The molecule has 0 amide bonds. The van der Waals surface area contributed by atoms with Crippen LogP contribution >= 0.6 is 22.6 Å². The number of halogens is 4. The van der Waals surface area contributed by atoms with E-state index in [1.54, 1.807) is 12.1 Å². The Bertz CT molecular complexity index is 748. The van der Waals surface area contributed by atoms with Gasteiger partial charge in [-0.2, -0.15) is 0 Å². The summed E-state index contributed by atoms with van der Waals surface area (Å²) in [6.07, 6.45) is 0. The van der Waals surface area contributed by atoms with E-state index >= 15 is 0 Å². The van der Waals surface area contributed by atoms with Gasteiger partial charge >= 0.3 is 0 Å². The molecule has 0 aromatic heterocycles. The Morgan fingerprint density at radius 3 is 2.10 bits per heavy atom. The minimum Gasteiger partial charge on any atom is -0.277 e. The maximum atomic E-state index is 13.4. The zero-order chi connectivity index (χ0) is 14.9. The van der Waals surface area contributed by atoms with Crippen molar-refractivity contribution >= 4 is 38.3 Å². The molecule has 0 aliphatic carbocycles. The average molecular weight is 413 g/mol. The highest BCUT2D eigenvalue weighted by atomic mass is 127. The highest BCUT2D eigenvalue weighted by Crippen LogP contribution is 2.23. The molecular weight excluding hydrogens is 406 g/mol. The third-order valence-electron chi connectivity index (χ3n) is 2.40. The summed E-state index contributed by atoms with van der Waals surface area (Å²) in [6, 6.07) is 7.21. The van der Waals surface area contributed by atoms with Gasteiger partial charge in [-0.1, -0.05) is 0 Å². The Morgan fingerprint density at radius 1 is 0.900 bits per heavy atom. The van der Waals surface area contributed by atoms with Gasteiger partial charge in [0.25, 0.3) is 10.0 Å². The molecule has 0 unspecified atom stereocenters. The molecule has 0 heterocycles. The van der Waals surface area contributed by atoms with E-state index in [2.05, 4.69) is 0 Å². The van der Waals surface area contributed by atoms with Crippen LogP contribution in [0.4, 0.5) is 18.9 Å². The Kier molecular flexibility index (Phi) is 4.23. The summed E-state index contributed by atoms with van der Waals surface area (Å²) in [5, 5.41) is 0. The molecule has 0 aliphatic heterocycles. The minimum atomic E-state index is -4.06. The molecule has 1 N–H and O–H groups in total. The van der Waals surface area contributed by atoms with E-state index in [0.29, 0.717) is 6.07 Å². The lowest BCUT2D eigenvalue weighted by molar-refractivity contribution is 0.449. The first-order chi connectivity index (χ1) is 9.31. The zero-order valence-corrected chi connectivity index (χ0v) is 12.7. The van der Waals surface area contributed by atoms with Gasteiger partial charge in [-0.25, -0.2) is 21.6 Å². The Balaban J connectivity index is 2.38. The molecule has 0 fully saturated rings. The van der Waals surface area contributed by atoms with E-state index in [4.69, 9.17) is 0 Å². The van der Waals surface area contributed by atoms with E-state index in [1.165, 1.54) is 12.1 Å². The van der Waals surface area contributed by atoms with Crippen LogP contribution in [0.2, 0.25) is 0 Å². The van der Waals surface area contributed by atoms with Crippen molar-refractivity contribution < 1.29 is 21.6 Å². The van der Waals surface area contributed by atoms with Crippen LogP contribution in [0.3, 0.4) is 0 Å². The largest absolute Gasteiger partial charge is 0.277 e. The van der Waals surface area contributed by atoms with Crippen LogP contribution in [0.5, 0.6) is 0 Å². The second-order valence-corrected chi connectivity index (χ2v) is 6.71. The first-order valence-corrected chi connectivity index (χ1v) is 7.79. The quantitative estimate of drug-likeness (QED) is 0.619. The van der Waals surface area contributed by atoms with Gasteiger partial charge in [0, 0.05) is 3.57 Å². The summed E-state index contributed by atoms with van der Waals surface area (Å²) in [6.45, 7) is 0. The Morgan fingerprint density at radius 2 is 1.50 bits per heavy atom. The first-order valence-electron chi connectivity index (χ1n) is 5.23. The van der Waals surface area contributed by atoms with Gasteiger partial charge in [0.2, 0.25) is 0 Å². The Labute approximate surface area is 127 Å². The maximum Gasteiger partial charge on any atom is 0.261 e. The summed E-state index contributed by atoms with van der Waals surface area (Å²) in [5.74, 6) is -4.70. The van der Waals surface area contributed by atoms with E-state index < -0.39 is 33.2 Å². The first kappa shape index (κ1) is 15.1. The van der Waals surface area contributed by atoms with Crippen LogP contribution in [0.1, 0.15) is 0 Å². The number of benzene rings is 2. The average Bonchev–Trinajstić information content (AvgIpc) is 2.40. The number of hydrogen-bond donors (Lipinski definition) is 1. The fraction of sp³-hybridized carbons (Fsp3) is 0. The van der Waals surface area contributed by atoms with Crippen LogP contribution in [0.25, 0.3) is 0 Å². The van der Waals surface area contributed by atoms with Crippen molar-refractivity contribution in [2.75, 3.05) is 4.72 Å². The molecule has 2 rings (SSSR count). The van der Waals surface area contributed by atoms with E-state index in [0.717, 1.165) is 9.64 Å². The molecule has 2 aromatic rings. The molecular formula is C12H7F3INO2S. The molecule has 20 heavy (non-hydrogen) atoms. The lowest BCUT2D eigenvalue weighted by Crippen LogP contribution is -2.14. The second-order valence-electron chi connectivity index (χ2n) is 3.78. The second kappa shape index (κ2) is 5.60. The monoisotopic (exact) mass is 413 g/mol. The molecule has 0 saturated carbocycles. The molecule has 0 spiro atoms. The molecule has 3 nitrogen and oxygen atoms in total. The SMILES string of the molecule is O=S(=O)(Nc1ccc(F)c(F)c1F)c1ccc(I)cc1. The predicted molar refractivity (Wildman–Crippen MR) is 76.3 cm³/mol. The fourth-order valence-electron chi connectivity index (χ4n) is 1.42. The van der Waals surface area contributed by atoms with Crippen molar-refractivity contribution in [3.63, 3.8) is 0 Å². The standard InChI is InChI=1S/C12H7F3INO2S/c13-9-5-6-10(12(15)11(9)14)17-20(18,19)8-3-1-7(16)2-4-8/h1-6,17H. The van der Waals surface area contributed by atoms with Crippen molar-refractivity contribution in [3.8, 4) is 0 Å². The highest BCUT2D eigenvalue weighted by Gasteiger charge is 2.19. The molecule has 2 aromatic carbocycles. The topological polar surface area (TPSA) is 46.2 Å². The van der Waals surface area contributed by atoms with Gasteiger partial charge in [-0.05, 0) is 59.0 Å². The third kappa shape index (κ3) is 3.06. The number of sulfonamides is 1. The lowest BCUT2D eigenvalue weighted by Gasteiger charge is -2.09. The molecule has 0 bridgehead atoms. The number of nitrogens with one attached hydrogen (secondary N) is 1. The summed E-state index contributed by atoms with van der Waals surface area (Å²) in [4.78, 5) is -0.109. The van der Waals surface area contributed by atoms with Gasteiger partial charge in [0.1, 0.15) is 0 Å². The lowest BCUT2D eigenvalue weighted by atomic mass is 10.3. The van der Waals surface area contributed by atoms with Gasteiger partial charge < -0.3 is 0 Å². The molecule has 0 radical (unpaired) electrons. The molecule has 8 heteroatoms. The van der Waals surface area contributed by atoms with E-state index in [-0.39, 0.29) is 4.90 Å². The van der Waals surface area contributed by atoms with Crippen molar-refractivity contribution in [1.29, 1.82) is 0 Å². The van der Waals surface area contributed by atoms with E-state index in [9.17, 15) is 21.6 Å². The third-order valence-corrected chi connectivity index (χ3v) is 4.50. The number of anilines is 1. The molecule has 0 aliphatic rings. The van der Waals surface area contributed by atoms with E-state index in [1.807, 2.05) is 27.3 Å². The molecule has 106 valence electrons. The summed E-state index contributed by atoms with van der Waals surface area (Å²) in [5.41, 5.74) is -0.651. The van der Waals surface area contributed by atoms with Crippen LogP contribution in [-0.4, -0.2) is 8.42 Å². The van der Waals surface area contributed by atoms with Crippen molar-refractivity contribution in [1.82, 2.24) is 0 Å². The summed E-state index contributed by atoms with van der Waals surface area (Å²) >= 11 is 2.00. The fourth-order valence-corrected chi connectivity index (χ4v) is 2.84. The normalized spacial score (nSPS) is 11.4. The predicted octanol–water partition coefficient (Wildman–Crippen LogP) is 3.51. The van der Waals surface area contributed by atoms with Crippen LogP contribution in [-0.2, 0) is 10.0 Å². The van der Waals surface area contributed by atoms with Crippen LogP contribution < -0.4 is 4.72 Å². The van der Waals surface area contributed by atoms with Gasteiger partial charge in [-0.3, -0.25) is 4.72 Å². The van der Waals surface area contributed by atoms with Crippen molar-refractivity contribution in [2.24, 2.45) is 0 Å². The van der Waals surface area contributed by atoms with Crippen molar-refractivity contribution in [3.05, 3.63) is 57.4 Å². The van der Waals surface area contributed by atoms with Crippen LogP contribution in [0, 0.1) is 21.0 Å². The summed E-state index contributed by atoms with van der Waals surface area (Å²) in [7, 11) is -4.06. The molecule has 0 saturated heterocycles. The Hall–Kier alpha value is -1.29. The number of rotatable bonds is 3.